The summed E-state index contributed by atoms with van der Waals surface area (Å²) in [6, 6.07) is 17.0. The van der Waals surface area contributed by atoms with Crippen molar-refractivity contribution in [3.05, 3.63) is 71.4 Å². The number of hydrogen-bond acceptors (Lipinski definition) is 5. The number of amides is 2. The summed E-state index contributed by atoms with van der Waals surface area (Å²) in [7, 11) is 1.71. The minimum atomic E-state index is -0.644. The second-order valence-electron chi connectivity index (χ2n) is 10.3. The van der Waals surface area contributed by atoms with Crippen molar-refractivity contribution in [2.24, 2.45) is 17.4 Å². The quantitative estimate of drug-likeness (QED) is 0.453. The average molecular weight is 489 g/mol. The monoisotopic (exact) mass is 488 g/mol. The summed E-state index contributed by atoms with van der Waals surface area (Å²) in [6.45, 7) is 10.2. The van der Waals surface area contributed by atoms with Crippen molar-refractivity contribution >= 4 is 17.7 Å². The second-order valence-corrected chi connectivity index (χ2v) is 10.3. The second kappa shape index (κ2) is 10.9. The lowest BCUT2D eigenvalue weighted by Crippen LogP contribution is -2.35. The molecule has 4 N–H and O–H groups in total. The molecule has 36 heavy (non-hydrogen) atoms. The highest BCUT2D eigenvalue weighted by atomic mass is 16.6. The van der Waals surface area contributed by atoms with E-state index in [0.29, 0.717) is 29.9 Å². The Morgan fingerprint density at radius 3 is 2.25 bits per heavy atom. The lowest BCUT2D eigenvalue weighted by molar-refractivity contribution is 0.0589. The van der Waals surface area contributed by atoms with Crippen LogP contribution in [-0.2, 0) is 17.7 Å². The van der Waals surface area contributed by atoms with Gasteiger partial charge in [0.1, 0.15) is 5.60 Å². The number of pyridine rings is 1. The van der Waals surface area contributed by atoms with Gasteiger partial charge in [0.15, 0.2) is 0 Å². The Balaban J connectivity index is 2.29. The number of benzene rings is 2. The molecule has 0 unspecified atom stereocenters. The van der Waals surface area contributed by atoms with Crippen molar-refractivity contribution in [3.63, 3.8) is 0 Å². The zero-order chi connectivity index (χ0) is 26.6. The van der Waals surface area contributed by atoms with E-state index < -0.39 is 17.6 Å². The third-order valence-electron chi connectivity index (χ3n) is 5.61. The Hall–Kier alpha value is -3.71. The van der Waals surface area contributed by atoms with Crippen molar-refractivity contribution < 1.29 is 14.3 Å². The summed E-state index contributed by atoms with van der Waals surface area (Å²) < 4.78 is 5.69. The molecule has 1 aromatic heterocycles. The van der Waals surface area contributed by atoms with Crippen LogP contribution in [0.15, 0.2) is 54.6 Å². The van der Waals surface area contributed by atoms with Crippen LogP contribution >= 0.6 is 0 Å². The molecule has 3 rings (SSSR count). The standard InChI is InChI=1S/C29H36N4O3/c1-18(2)14-25-26(33(6)28(35)36-29(3,4)5)23(20-12-10-19(17-30)11-13-20)16-24(32-25)21-8-7-9-22(15-21)27(31)34/h7-13,15-16,18H,14,17,30H2,1-6H3,(H2,31,34). The summed E-state index contributed by atoms with van der Waals surface area (Å²) in [5.74, 6) is -0.221. The Kier molecular flexibility index (Phi) is 8.15. The number of carbonyl (C=O) groups is 2. The smallest absolute Gasteiger partial charge is 0.414 e. The maximum Gasteiger partial charge on any atom is 0.414 e. The van der Waals surface area contributed by atoms with Crippen LogP contribution in [0.4, 0.5) is 10.5 Å². The van der Waals surface area contributed by atoms with Crippen molar-refractivity contribution in [2.45, 2.75) is 53.2 Å². The van der Waals surface area contributed by atoms with Crippen molar-refractivity contribution in [2.75, 3.05) is 11.9 Å². The fourth-order valence-corrected chi connectivity index (χ4v) is 3.94. The SMILES string of the molecule is CC(C)Cc1nc(-c2cccc(C(N)=O)c2)cc(-c2ccc(CN)cc2)c1N(C)C(=O)OC(C)(C)C. The highest BCUT2D eigenvalue weighted by Gasteiger charge is 2.27. The van der Waals surface area contributed by atoms with Crippen molar-refractivity contribution in [1.82, 2.24) is 4.98 Å². The molecule has 0 spiro atoms. The van der Waals surface area contributed by atoms with Gasteiger partial charge in [-0.2, -0.15) is 0 Å². The molecule has 0 saturated heterocycles. The lowest BCUT2D eigenvalue weighted by atomic mass is 9.95. The lowest BCUT2D eigenvalue weighted by Gasteiger charge is -2.28. The highest BCUT2D eigenvalue weighted by Crippen LogP contribution is 2.38. The topological polar surface area (TPSA) is 112 Å². The van der Waals surface area contributed by atoms with E-state index in [9.17, 15) is 9.59 Å². The minimum absolute atomic E-state index is 0.281. The van der Waals surface area contributed by atoms with Crippen LogP contribution in [0, 0.1) is 5.92 Å². The molecule has 2 aromatic carbocycles. The molecule has 0 saturated carbocycles. The zero-order valence-corrected chi connectivity index (χ0v) is 22.0. The number of hydrogen-bond donors (Lipinski definition) is 2. The number of primary amides is 1. The van der Waals surface area contributed by atoms with Gasteiger partial charge in [-0.3, -0.25) is 14.7 Å². The maximum absolute atomic E-state index is 13.2. The summed E-state index contributed by atoms with van der Waals surface area (Å²) in [5.41, 5.74) is 16.8. The Morgan fingerprint density at radius 1 is 1.03 bits per heavy atom. The van der Waals surface area contributed by atoms with Gasteiger partial charge in [-0.1, -0.05) is 50.2 Å². The molecule has 0 aliphatic rings. The number of rotatable bonds is 7. The Morgan fingerprint density at radius 2 is 1.69 bits per heavy atom. The molecule has 0 bridgehead atoms. The van der Waals surface area contributed by atoms with Gasteiger partial charge in [0, 0.05) is 30.3 Å². The van der Waals surface area contributed by atoms with Gasteiger partial charge >= 0.3 is 6.09 Å². The van der Waals surface area contributed by atoms with Crippen LogP contribution in [0.2, 0.25) is 0 Å². The number of ether oxygens (including phenoxy) is 1. The summed E-state index contributed by atoms with van der Waals surface area (Å²) in [4.78, 5) is 31.5. The zero-order valence-electron chi connectivity index (χ0n) is 22.0. The van der Waals surface area contributed by atoms with Gasteiger partial charge in [0.05, 0.1) is 17.1 Å². The molecule has 0 fully saturated rings. The summed E-state index contributed by atoms with van der Waals surface area (Å²) in [5, 5.41) is 0. The van der Waals surface area contributed by atoms with E-state index in [1.165, 1.54) is 4.90 Å². The molecule has 3 aromatic rings. The van der Waals surface area contributed by atoms with Crippen LogP contribution in [0.3, 0.4) is 0 Å². The third-order valence-corrected chi connectivity index (χ3v) is 5.61. The molecule has 190 valence electrons. The van der Waals surface area contributed by atoms with E-state index in [2.05, 4.69) is 13.8 Å². The summed E-state index contributed by atoms with van der Waals surface area (Å²) in [6.07, 6.45) is 0.178. The van der Waals surface area contributed by atoms with Crippen LogP contribution in [-0.4, -0.2) is 29.6 Å². The Labute approximate surface area is 213 Å². The normalized spacial score (nSPS) is 11.4. The first-order valence-corrected chi connectivity index (χ1v) is 12.1. The molecule has 1 heterocycles. The van der Waals surface area contributed by atoms with Gasteiger partial charge in [-0.05, 0) is 62.4 Å². The first-order chi connectivity index (χ1) is 16.9. The third kappa shape index (κ3) is 6.49. The van der Waals surface area contributed by atoms with Gasteiger partial charge in [0.25, 0.3) is 0 Å². The molecular formula is C29H36N4O3. The predicted octanol–water partition coefficient (Wildman–Crippen LogP) is 5.54. The van der Waals surface area contributed by atoms with Crippen LogP contribution in [0.5, 0.6) is 0 Å². The van der Waals surface area contributed by atoms with E-state index in [1.807, 2.05) is 57.2 Å². The first kappa shape index (κ1) is 26.9. The highest BCUT2D eigenvalue weighted by molar-refractivity contribution is 5.96. The van der Waals surface area contributed by atoms with E-state index in [1.54, 1.807) is 25.2 Å². The molecular weight excluding hydrogens is 452 g/mol. The minimum Gasteiger partial charge on any atom is -0.443 e. The molecule has 0 aliphatic carbocycles. The van der Waals surface area contributed by atoms with Crippen LogP contribution in [0.25, 0.3) is 22.4 Å². The van der Waals surface area contributed by atoms with Gasteiger partial charge in [-0.15, -0.1) is 0 Å². The first-order valence-electron chi connectivity index (χ1n) is 12.1. The number of anilines is 1. The number of carbonyl (C=O) groups excluding carboxylic acids is 2. The number of nitrogens with two attached hydrogens (primary N) is 2. The number of nitrogens with zero attached hydrogens (tertiary/aromatic N) is 2. The molecule has 7 heteroatoms. The van der Waals surface area contributed by atoms with Crippen LogP contribution < -0.4 is 16.4 Å². The molecule has 0 aliphatic heterocycles. The fourth-order valence-electron chi connectivity index (χ4n) is 3.94. The van der Waals surface area contributed by atoms with Gasteiger partial charge in [-0.25, -0.2) is 4.79 Å². The largest absolute Gasteiger partial charge is 0.443 e. The van der Waals surface area contributed by atoms with E-state index in [-0.39, 0.29) is 5.92 Å². The van der Waals surface area contributed by atoms with E-state index >= 15 is 0 Å². The molecule has 0 radical (unpaired) electrons. The average Bonchev–Trinajstić information content (AvgIpc) is 2.82. The van der Waals surface area contributed by atoms with Crippen LogP contribution in [0.1, 0.15) is 56.2 Å². The van der Waals surface area contributed by atoms with Gasteiger partial charge < -0.3 is 16.2 Å². The predicted molar refractivity (Wildman–Crippen MR) is 145 cm³/mol. The molecule has 0 atom stereocenters. The van der Waals surface area contributed by atoms with Crippen molar-refractivity contribution in [3.8, 4) is 22.4 Å². The maximum atomic E-state index is 13.2. The Bertz CT molecular complexity index is 1240. The van der Waals surface area contributed by atoms with E-state index in [0.717, 1.165) is 27.9 Å². The van der Waals surface area contributed by atoms with Crippen molar-refractivity contribution in [1.29, 1.82) is 0 Å². The molecule has 2 amide bonds. The van der Waals surface area contributed by atoms with E-state index in [4.69, 9.17) is 21.2 Å². The number of aromatic nitrogens is 1. The molecule has 7 nitrogen and oxygen atoms in total. The fraction of sp³-hybridized carbons (Fsp3) is 0.345. The summed E-state index contributed by atoms with van der Waals surface area (Å²) >= 11 is 0. The van der Waals surface area contributed by atoms with Gasteiger partial charge in [0.2, 0.25) is 5.91 Å².